The van der Waals surface area contributed by atoms with Crippen LogP contribution in [-0.2, 0) is 9.63 Å². The molecule has 0 spiro atoms. The summed E-state index contributed by atoms with van der Waals surface area (Å²) in [6.07, 6.45) is 11.5. The average molecular weight is 318 g/mol. The van der Waals surface area contributed by atoms with E-state index in [2.05, 4.69) is 39.8 Å². The predicted octanol–water partition coefficient (Wildman–Crippen LogP) is 4.98. The standard InChI is InChI=1S/C20H31NO2/c1-15(16(2)11-13-19(22)21(6)23-7)10-12-18-17(3)9-8-14-20(18,4)5/h10-13H,8-9,14H2,1-7H3/b12-10+,13-11+,16-15+/i16+1. The minimum Gasteiger partial charge on any atom is -0.274 e. The molecule has 0 N–H and O–H groups in total. The Hall–Kier alpha value is -1.61. The maximum absolute atomic E-state index is 11.7. The molecule has 1 amide bonds. The highest BCUT2D eigenvalue weighted by molar-refractivity contribution is 5.87. The number of carbonyl (C=O) groups excluding carboxylic acids is 1. The summed E-state index contributed by atoms with van der Waals surface area (Å²) >= 11 is 0. The van der Waals surface area contributed by atoms with Crippen molar-refractivity contribution < 1.29 is 9.63 Å². The van der Waals surface area contributed by atoms with Crippen molar-refractivity contribution in [1.29, 1.82) is 0 Å². The van der Waals surface area contributed by atoms with Crippen LogP contribution in [-0.4, -0.2) is 25.1 Å². The van der Waals surface area contributed by atoms with E-state index in [1.165, 1.54) is 48.7 Å². The van der Waals surface area contributed by atoms with Crippen molar-refractivity contribution in [2.24, 2.45) is 5.41 Å². The number of hydroxylamine groups is 2. The third-order valence-corrected chi connectivity index (χ3v) is 4.72. The SMILES string of the molecule is CON(C)C(=O)/C=C/[13C](C)=C(C)/C=C/C1=C(C)CCCC1(C)C. The Morgan fingerprint density at radius 2 is 1.78 bits per heavy atom. The minimum absolute atomic E-state index is 0.171. The van der Waals surface area contributed by atoms with Crippen LogP contribution in [0.25, 0.3) is 0 Å². The third kappa shape index (κ3) is 5.51. The number of allylic oxidation sites excluding steroid dienone is 7. The van der Waals surface area contributed by atoms with Gasteiger partial charge in [-0.25, -0.2) is 5.06 Å². The van der Waals surface area contributed by atoms with Gasteiger partial charge in [-0.1, -0.05) is 37.6 Å². The molecule has 3 heteroatoms. The summed E-state index contributed by atoms with van der Waals surface area (Å²) in [6.45, 7) is 11.0. The quantitative estimate of drug-likeness (QED) is 0.309. The van der Waals surface area contributed by atoms with Gasteiger partial charge in [0.15, 0.2) is 0 Å². The molecule has 0 radical (unpaired) electrons. The Bertz CT molecular complexity index is 562. The second-order valence-corrected chi connectivity index (χ2v) is 6.98. The van der Waals surface area contributed by atoms with Crippen molar-refractivity contribution in [1.82, 2.24) is 5.06 Å². The maximum Gasteiger partial charge on any atom is 0.269 e. The van der Waals surface area contributed by atoms with Crippen molar-refractivity contribution >= 4 is 5.91 Å². The molecule has 0 fully saturated rings. The molecular formula is C20H31NO2. The highest BCUT2D eigenvalue weighted by Gasteiger charge is 2.26. The first-order valence-electron chi connectivity index (χ1n) is 8.24. The van der Waals surface area contributed by atoms with E-state index >= 15 is 0 Å². The van der Waals surface area contributed by atoms with Gasteiger partial charge in [0.05, 0.1) is 7.11 Å². The Morgan fingerprint density at radius 1 is 1.17 bits per heavy atom. The van der Waals surface area contributed by atoms with Gasteiger partial charge in [0.25, 0.3) is 5.91 Å². The van der Waals surface area contributed by atoms with Gasteiger partial charge in [0.2, 0.25) is 0 Å². The van der Waals surface area contributed by atoms with Crippen LogP contribution in [0.3, 0.4) is 0 Å². The second-order valence-electron chi connectivity index (χ2n) is 6.98. The molecule has 23 heavy (non-hydrogen) atoms. The second kappa shape index (κ2) is 8.30. The monoisotopic (exact) mass is 318 g/mol. The van der Waals surface area contributed by atoms with Gasteiger partial charge in [-0.15, -0.1) is 0 Å². The van der Waals surface area contributed by atoms with Crippen LogP contribution in [0.15, 0.2) is 46.6 Å². The molecule has 0 bridgehead atoms. The molecule has 1 rings (SSSR count). The lowest BCUT2D eigenvalue weighted by Crippen LogP contribution is -2.23. The molecule has 0 atom stereocenters. The third-order valence-electron chi connectivity index (χ3n) is 4.72. The molecule has 0 saturated carbocycles. The minimum atomic E-state index is -0.171. The lowest BCUT2D eigenvalue weighted by Gasteiger charge is -2.33. The van der Waals surface area contributed by atoms with Gasteiger partial charge < -0.3 is 0 Å². The van der Waals surface area contributed by atoms with E-state index in [0.717, 1.165) is 11.1 Å². The average Bonchev–Trinajstić information content (AvgIpc) is 2.49. The largest absolute Gasteiger partial charge is 0.274 e. The number of nitrogens with zero attached hydrogens (tertiary/aromatic N) is 1. The van der Waals surface area contributed by atoms with Crippen molar-refractivity contribution in [2.45, 2.75) is 53.9 Å². The Kier molecular flexibility index (Phi) is 7.01. The Labute approximate surface area is 141 Å². The molecule has 128 valence electrons. The molecule has 0 heterocycles. The molecule has 1 aliphatic carbocycles. The van der Waals surface area contributed by atoms with E-state index in [-0.39, 0.29) is 11.3 Å². The maximum atomic E-state index is 11.7. The molecule has 0 saturated heterocycles. The van der Waals surface area contributed by atoms with Crippen LogP contribution >= 0.6 is 0 Å². The topological polar surface area (TPSA) is 29.5 Å². The molecule has 0 aromatic rings. The number of rotatable bonds is 5. The summed E-state index contributed by atoms with van der Waals surface area (Å²) in [5.74, 6) is -0.171. The smallest absolute Gasteiger partial charge is 0.269 e. The molecule has 0 aromatic heterocycles. The zero-order chi connectivity index (χ0) is 17.6. The highest BCUT2D eigenvalue weighted by atomic mass is 16.7. The lowest BCUT2D eigenvalue weighted by atomic mass is 9.72. The Morgan fingerprint density at radius 3 is 2.35 bits per heavy atom. The number of hydrogen-bond acceptors (Lipinski definition) is 2. The number of carbonyl (C=O) groups is 1. The van der Waals surface area contributed by atoms with Crippen molar-refractivity contribution in [3.05, 3.63) is 46.6 Å². The van der Waals surface area contributed by atoms with Gasteiger partial charge in [-0.3, -0.25) is 9.63 Å². The number of likely N-dealkylation sites (N-methyl/N-ethyl adjacent to an activating group) is 1. The summed E-state index contributed by atoms with van der Waals surface area (Å²) in [4.78, 5) is 16.6. The zero-order valence-corrected chi connectivity index (χ0v) is 15.7. The zero-order valence-electron chi connectivity index (χ0n) is 15.7. The highest BCUT2D eigenvalue weighted by Crippen LogP contribution is 2.40. The fraction of sp³-hybridized carbons (Fsp3) is 0.550. The normalized spacial score (nSPS) is 19.4. The van der Waals surface area contributed by atoms with E-state index in [4.69, 9.17) is 4.84 Å². The first-order valence-corrected chi connectivity index (χ1v) is 8.24. The van der Waals surface area contributed by atoms with Gasteiger partial charge >= 0.3 is 0 Å². The Balaban J connectivity index is 2.90. The first-order chi connectivity index (χ1) is 10.7. The molecular weight excluding hydrogens is 287 g/mol. The number of amides is 1. The van der Waals surface area contributed by atoms with Crippen LogP contribution in [0.5, 0.6) is 0 Å². The van der Waals surface area contributed by atoms with E-state index in [0.29, 0.717) is 0 Å². The van der Waals surface area contributed by atoms with E-state index in [1.807, 2.05) is 13.0 Å². The van der Waals surface area contributed by atoms with Crippen molar-refractivity contribution in [2.75, 3.05) is 14.2 Å². The fourth-order valence-electron chi connectivity index (χ4n) is 2.87. The van der Waals surface area contributed by atoms with Crippen LogP contribution in [0.1, 0.15) is 53.9 Å². The predicted molar refractivity (Wildman–Crippen MR) is 96.8 cm³/mol. The molecule has 3 nitrogen and oxygen atoms in total. The van der Waals surface area contributed by atoms with E-state index in [1.54, 1.807) is 7.05 Å². The summed E-state index contributed by atoms with van der Waals surface area (Å²) in [5, 5.41) is 1.20. The van der Waals surface area contributed by atoms with Crippen LogP contribution in [0.4, 0.5) is 0 Å². The van der Waals surface area contributed by atoms with Crippen molar-refractivity contribution in [3.8, 4) is 0 Å². The molecule has 0 unspecified atom stereocenters. The summed E-state index contributed by atoms with van der Waals surface area (Å²) in [6, 6.07) is 0. The van der Waals surface area contributed by atoms with Gasteiger partial charge in [0.1, 0.15) is 0 Å². The van der Waals surface area contributed by atoms with Crippen LogP contribution in [0.2, 0.25) is 0 Å². The molecule has 1 aliphatic rings. The molecule has 0 aliphatic heterocycles. The summed E-state index contributed by atoms with van der Waals surface area (Å²) in [7, 11) is 3.07. The van der Waals surface area contributed by atoms with Gasteiger partial charge in [0, 0.05) is 13.1 Å². The van der Waals surface area contributed by atoms with Crippen LogP contribution in [0, 0.1) is 5.41 Å². The number of hydrogen-bond donors (Lipinski definition) is 0. The summed E-state index contributed by atoms with van der Waals surface area (Å²) in [5.41, 5.74) is 5.44. The lowest BCUT2D eigenvalue weighted by molar-refractivity contribution is -0.162. The van der Waals surface area contributed by atoms with Crippen molar-refractivity contribution in [3.63, 3.8) is 0 Å². The van der Waals surface area contributed by atoms with E-state index < -0.39 is 0 Å². The van der Waals surface area contributed by atoms with Crippen LogP contribution < -0.4 is 0 Å². The van der Waals surface area contributed by atoms with E-state index in [9.17, 15) is 4.79 Å². The first kappa shape index (κ1) is 19.4. The summed E-state index contributed by atoms with van der Waals surface area (Å²) < 4.78 is 0. The van der Waals surface area contributed by atoms with Gasteiger partial charge in [-0.2, -0.15) is 0 Å². The van der Waals surface area contributed by atoms with Gasteiger partial charge in [-0.05, 0) is 62.2 Å². The molecule has 0 aromatic carbocycles. The fourth-order valence-corrected chi connectivity index (χ4v) is 2.87.